The topological polar surface area (TPSA) is 35.2 Å². The van der Waals surface area contributed by atoms with Crippen LogP contribution in [0.2, 0.25) is 0 Å². The molecule has 106 valence electrons. The van der Waals surface area contributed by atoms with Gasteiger partial charge in [0, 0.05) is 10.0 Å². The van der Waals surface area contributed by atoms with Gasteiger partial charge < -0.3 is 10.5 Å². The van der Waals surface area contributed by atoms with E-state index < -0.39 is 0 Å². The maximum Gasteiger partial charge on any atom is 0.124 e. The van der Waals surface area contributed by atoms with Crippen molar-refractivity contribution in [3.63, 3.8) is 0 Å². The number of nitrogens with two attached hydrogens (primary N) is 1. The summed E-state index contributed by atoms with van der Waals surface area (Å²) in [5.41, 5.74) is 12.1. The molecule has 0 aliphatic heterocycles. The molecule has 0 aromatic heterocycles. The van der Waals surface area contributed by atoms with Crippen molar-refractivity contribution in [1.29, 1.82) is 0 Å². The van der Waals surface area contributed by atoms with Crippen LogP contribution in [0.25, 0.3) is 0 Å². The first kappa shape index (κ1) is 15.1. The van der Waals surface area contributed by atoms with E-state index in [0.29, 0.717) is 0 Å². The standard InChI is InChI=1S/C17H20BrNO/c1-10-8-12(3)15(14(9-10)20-4)17(19)13-7-5-6-11(2)16(13)18/h5-9,17H,19H2,1-4H3. The normalized spacial score (nSPS) is 12.3. The van der Waals surface area contributed by atoms with Gasteiger partial charge in [-0.1, -0.05) is 40.2 Å². The Kier molecular flexibility index (Phi) is 4.51. The third-order valence-corrected chi connectivity index (χ3v) is 4.66. The fraction of sp³-hybridized carbons (Fsp3) is 0.294. The minimum atomic E-state index is -0.208. The summed E-state index contributed by atoms with van der Waals surface area (Å²) in [6.07, 6.45) is 0. The fourth-order valence-corrected chi connectivity index (χ4v) is 3.08. The molecule has 0 amide bonds. The van der Waals surface area contributed by atoms with Crippen molar-refractivity contribution in [3.8, 4) is 5.75 Å². The molecule has 0 bridgehead atoms. The lowest BCUT2D eigenvalue weighted by molar-refractivity contribution is 0.407. The first-order valence-corrected chi connectivity index (χ1v) is 7.40. The molecular weight excluding hydrogens is 314 g/mol. The van der Waals surface area contributed by atoms with Crippen LogP contribution in [-0.4, -0.2) is 7.11 Å². The number of halogens is 1. The Labute approximate surface area is 129 Å². The van der Waals surface area contributed by atoms with Gasteiger partial charge in [-0.3, -0.25) is 0 Å². The summed E-state index contributed by atoms with van der Waals surface area (Å²) in [5.74, 6) is 0.850. The maximum atomic E-state index is 6.50. The molecule has 0 aliphatic rings. The molecule has 0 saturated heterocycles. The summed E-state index contributed by atoms with van der Waals surface area (Å²) < 4.78 is 6.59. The number of ether oxygens (including phenoxy) is 1. The van der Waals surface area contributed by atoms with Gasteiger partial charge in [0.2, 0.25) is 0 Å². The van der Waals surface area contributed by atoms with Gasteiger partial charge in [-0.25, -0.2) is 0 Å². The monoisotopic (exact) mass is 333 g/mol. The Balaban J connectivity index is 2.59. The molecule has 2 N–H and O–H groups in total. The van der Waals surface area contributed by atoms with Crippen molar-refractivity contribution in [2.45, 2.75) is 26.8 Å². The Morgan fingerprint density at radius 1 is 1.10 bits per heavy atom. The highest BCUT2D eigenvalue weighted by Crippen LogP contribution is 2.36. The SMILES string of the molecule is COc1cc(C)cc(C)c1C(N)c1cccc(C)c1Br. The van der Waals surface area contributed by atoms with Crippen LogP contribution in [0.15, 0.2) is 34.8 Å². The fourth-order valence-electron chi connectivity index (χ4n) is 2.57. The Hall–Kier alpha value is -1.32. The van der Waals surface area contributed by atoms with Crippen LogP contribution in [0.5, 0.6) is 5.75 Å². The highest BCUT2D eigenvalue weighted by molar-refractivity contribution is 9.10. The lowest BCUT2D eigenvalue weighted by atomic mass is 9.93. The third kappa shape index (κ3) is 2.74. The van der Waals surface area contributed by atoms with Crippen LogP contribution in [-0.2, 0) is 0 Å². The zero-order valence-electron chi connectivity index (χ0n) is 12.3. The first-order chi connectivity index (χ1) is 9.45. The number of hydrogen-bond acceptors (Lipinski definition) is 2. The third-order valence-electron chi connectivity index (χ3n) is 3.58. The molecule has 0 heterocycles. The summed E-state index contributed by atoms with van der Waals surface area (Å²) in [7, 11) is 1.69. The van der Waals surface area contributed by atoms with Gasteiger partial charge in [0.15, 0.2) is 0 Å². The van der Waals surface area contributed by atoms with Gasteiger partial charge in [0.25, 0.3) is 0 Å². The zero-order valence-corrected chi connectivity index (χ0v) is 13.9. The minimum Gasteiger partial charge on any atom is -0.496 e. The van der Waals surface area contributed by atoms with Gasteiger partial charge in [-0.05, 0) is 49.1 Å². The second kappa shape index (κ2) is 5.98. The number of methoxy groups -OCH3 is 1. The molecule has 2 aromatic carbocycles. The molecule has 0 spiro atoms. The molecule has 1 atom stereocenters. The van der Waals surface area contributed by atoms with Crippen LogP contribution in [0, 0.1) is 20.8 Å². The molecule has 2 aromatic rings. The molecular formula is C17H20BrNO. The van der Waals surface area contributed by atoms with Crippen molar-refractivity contribution >= 4 is 15.9 Å². The van der Waals surface area contributed by atoms with E-state index in [4.69, 9.17) is 10.5 Å². The molecule has 2 rings (SSSR count). The molecule has 1 unspecified atom stereocenters. The van der Waals surface area contributed by atoms with Crippen LogP contribution in [0.3, 0.4) is 0 Å². The molecule has 3 heteroatoms. The summed E-state index contributed by atoms with van der Waals surface area (Å²) in [6.45, 7) is 6.21. The van der Waals surface area contributed by atoms with E-state index in [1.54, 1.807) is 7.11 Å². The highest BCUT2D eigenvalue weighted by atomic mass is 79.9. The summed E-state index contributed by atoms with van der Waals surface area (Å²) in [4.78, 5) is 0. The van der Waals surface area contributed by atoms with Gasteiger partial charge >= 0.3 is 0 Å². The van der Waals surface area contributed by atoms with Crippen molar-refractivity contribution in [1.82, 2.24) is 0 Å². The van der Waals surface area contributed by atoms with Crippen LogP contribution < -0.4 is 10.5 Å². The van der Waals surface area contributed by atoms with E-state index in [0.717, 1.165) is 26.9 Å². The van der Waals surface area contributed by atoms with Crippen LogP contribution >= 0.6 is 15.9 Å². The smallest absolute Gasteiger partial charge is 0.124 e. The van der Waals surface area contributed by atoms with Crippen LogP contribution in [0.4, 0.5) is 0 Å². The molecule has 0 aliphatic carbocycles. The number of aryl methyl sites for hydroxylation is 3. The number of hydrogen-bond donors (Lipinski definition) is 1. The van der Waals surface area contributed by atoms with E-state index in [1.165, 1.54) is 11.1 Å². The van der Waals surface area contributed by atoms with Gasteiger partial charge in [0.05, 0.1) is 13.2 Å². The van der Waals surface area contributed by atoms with E-state index in [2.05, 4.69) is 54.9 Å². The quantitative estimate of drug-likeness (QED) is 0.901. The predicted octanol–water partition coefficient (Wildman–Crippen LogP) is 4.43. The predicted molar refractivity (Wildman–Crippen MR) is 87.4 cm³/mol. The largest absolute Gasteiger partial charge is 0.496 e. The Morgan fingerprint density at radius 2 is 1.80 bits per heavy atom. The van der Waals surface area contributed by atoms with Crippen molar-refractivity contribution in [3.05, 3.63) is 62.6 Å². The van der Waals surface area contributed by atoms with Crippen molar-refractivity contribution < 1.29 is 4.74 Å². The lowest BCUT2D eigenvalue weighted by Gasteiger charge is -2.21. The maximum absolute atomic E-state index is 6.50. The molecule has 0 fully saturated rings. The molecule has 2 nitrogen and oxygen atoms in total. The Morgan fingerprint density at radius 3 is 2.45 bits per heavy atom. The highest BCUT2D eigenvalue weighted by Gasteiger charge is 2.19. The van der Waals surface area contributed by atoms with Crippen molar-refractivity contribution in [2.24, 2.45) is 5.73 Å². The minimum absolute atomic E-state index is 0.208. The molecule has 0 radical (unpaired) electrons. The molecule has 0 saturated carbocycles. The number of benzene rings is 2. The van der Waals surface area contributed by atoms with E-state index in [9.17, 15) is 0 Å². The second-order valence-electron chi connectivity index (χ2n) is 5.15. The van der Waals surface area contributed by atoms with Gasteiger partial charge in [-0.2, -0.15) is 0 Å². The second-order valence-corrected chi connectivity index (χ2v) is 5.95. The van der Waals surface area contributed by atoms with Crippen molar-refractivity contribution in [2.75, 3.05) is 7.11 Å². The van der Waals surface area contributed by atoms with Gasteiger partial charge in [-0.15, -0.1) is 0 Å². The van der Waals surface area contributed by atoms with E-state index >= 15 is 0 Å². The van der Waals surface area contributed by atoms with E-state index in [1.807, 2.05) is 12.1 Å². The van der Waals surface area contributed by atoms with Gasteiger partial charge in [0.1, 0.15) is 5.75 Å². The first-order valence-electron chi connectivity index (χ1n) is 6.61. The summed E-state index contributed by atoms with van der Waals surface area (Å²) in [5, 5.41) is 0. The average molecular weight is 334 g/mol. The molecule has 20 heavy (non-hydrogen) atoms. The van der Waals surface area contributed by atoms with E-state index in [-0.39, 0.29) is 6.04 Å². The summed E-state index contributed by atoms with van der Waals surface area (Å²) in [6, 6.07) is 10.1. The number of rotatable bonds is 3. The lowest BCUT2D eigenvalue weighted by Crippen LogP contribution is -2.15. The summed E-state index contributed by atoms with van der Waals surface area (Å²) >= 11 is 3.64. The average Bonchev–Trinajstić information content (AvgIpc) is 2.40. The zero-order chi connectivity index (χ0) is 14.9. The van der Waals surface area contributed by atoms with Crippen LogP contribution in [0.1, 0.15) is 33.9 Å². The Bertz CT molecular complexity index is 637.